The molecule has 2 aromatic rings. The summed E-state index contributed by atoms with van der Waals surface area (Å²) in [4.78, 5) is 15.5. The third kappa shape index (κ3) is 3.61. The maximum absolute atomic E-state index is 12.3. The Hall–Kier alpha value is -1.99. The first-order chi connectivity index (χ1) is 10.2. The number of amides is 1. The molecule has 0 radical (unpaired) electrons. The fourth-order valence-electron chi connectivity index (χ4n) is 2.44. The predicted octanol–water partition coefficient (Wildman–Crippen LogP) is 0.582. The first-order valence-corrected chi connectivity index (χ1v) is 7.07. The highest BCUT2D eigenvalue weighted by Gasteiger charge is 2.23. The van der Waals surface area contributed by atoms with Crippen molar-refractivity contribution in [1.29, 1.82) is 0 Å². The van der Waals surface area contributed by atoms with Crippen LogP contribution in [0, 0.1) is 0 Å². The fraction of sp³-hybridized carbons (Fsp3) is 0.429. The molecule has 0 spiro atoms. The summed E-state index contributed by atoms with van der Waals surface area (Å²) in [5, 5.41) is 15.5. The number of hydrogen-bond acceptors (Lipinski definition) is 5. The maximum atomic E-state index is 12.3. The Balaban J connectivity index is 0.00000176. The smallest absolute Gasteiger partial charge is 0.246 e. The number of hydrogen-bond donors (Lipinski definition) is 1. The van der Waals surface area contributed by atoms with Crippen molar-refractivity contribution in [2.24, 2.45) is 0 Å². The van der Waals surface area contributed by atoms with Crippen molar-refractivity contribution in [3.8, 4) is 11.4 Å². The third-order valence-electron chi connectivity index (χ3n) is 3.58. The molecule has 0 aliphatic carbocycles. The Bertz CT molecular complexity index is 617. The van der Waals surface area contributed by atoms with Crippen LogP contribution < -0.4 is 5.32 Å². The van der Waals surface area contributed by atoms with E-state index in [0.29, 0.717) is 5.82 Å². The van der Waals surface area contributed by atoms with Gasteiger partial charge in [-0.1, -0.05) is 30.3 Å². The van der Waals surface area contributed by atoms with Crippen molar-refractivity contribution in [3.05, 3.63) is 30.3 Å². The lowest BCUT2D eigenvalue weighted by Gasteiger charge is -2.33. The quantitative estimate of drug-likeness (QED) is 0.894. The van der Waals surface area contributed by atoms with Gasteiger partial charge in [0.15, 0.2) is 0 Å². The molecule has 1 amide bonds. The van der Waals surface area contributed by atoms with Crippen LogP contribution in [0.25, 0.3) is 11.4 Å². The number of nitrogens with zero attached hydrogens (tertiary/aromatic N) is 5. The highest BCUT2D eigenvalue weighted by molar-refractivity contribution is 5.85. The van der Waals surface area contributed by atoms with Gasteiger partial charge in [0.1, 0.15) is 6.54 Å². The Morgan fingerprint density at radius 2 is 2.14 bits per heavy atom. The summed E-state index contributed by atoms with van der Waals surface area (Å²) in [5.41, 5.74) is 0.895. The molecule has 1 N–H and O–H groups in total. The van der Waals surface area contributed by atoms with Gasteiger partial charge in [0.05, 0.1) is 0 Å². The van der Waals surface area contributed by atoms with E-state index in [1.807, 2.05) is 42.2 Å². The van der Waals surface area contributed by atoms with E-state index < -0.39 is 0 Å². The van der Waals surface area contributed by atoms with Gasteiger partial charge in [-0.2, -0.15) is 4.80 Å². The topological polar surface area (TPSA) is 75.9 Å². The number of benzene rings is 1. The summed E-state index contributed by atoms with van der Waals surface area (Å²) in [6.07, 6.45) is 0. The highest BCUT2D eigenvalue weighted by atomic mass is 35.5. The minimum Gasteiger partial charge on any atom is -0.336 e. The largest absolute Gasteiger partial charge is 0.336 e. The first kappa shape index (κ1) is 16.4. The monoisotopic (exact) mass is 322 g/mol. The number of nitrogens with one attached hydrogen (secondary N) is 1. The van der Waals surface area contributed by atoms with Crippen LogP contribution in [0.2, 0.25) is 0 Å². The molecule has 118 valence electrons. The van der Waals surface area contributed by atoms with Crippen LogP contribution in [0.4, 0.5) is 0 Å². The minimum absolute atomic E-state index is 0. The number of tetrazole rings is 1. The van der Waals surface area contributed by atoms with E-state index in [1.54, 1.807) is 0 Å². The van der Waals surface area contributed by atoms with Gasteiger partial charge < -0.3 is 10.2 Å². The molecule has 1 aliphatic rings. The summed E-state index contributed by atoms with van der Waals surface area (Å²) < 4.78 is 0. The van der Waals surface area contributed by atoms with Crippen LogP contribution in [-0.2, 0) is 11.3 Å². The number of carbonyl (C=O) groups excluding carboxylic acids is 1. The molecule has 7 nitrogen and oxygen atoms in total. The van der Waals surface area contributed by atoms with Crippen LogP contribution in [0.3, 0.4) is 0 Å². The van der Waals surface area contributed by atoms with E-state index in [1.165, 1.54) is 4.80 Å². The third-order valence-corrected chi connectivity index (χ3v) is 3.58. The molecule has 1 saturated heterocycles. The number of rotatable bonds is 3. The lowest BCUT2D eigenvalue weighted by atomic mass is 10.2. The summed E-state index contributed by atoms with van der Waals surface area (Å²) in [7, 11) is 0. The van der Waals surface area contributed by atoms with Gasteiger partial charge in [-0.15, -0.1) is 22.6 Å². The van der Waals surface area contributed by atoms with E-state index in [9.17, 15) is 4.79 Å². The zero-order chi connectivity index (χ0) is 14.7. The molecule has 8 heteroatoms. The summed E-state index contributed by atoms with van der Waals surface area (Å²) in [6, 6.07) is 9.81. The Morgan fingerprint density at radius 1 is 1.36 bits per heavy atom. The Morgan fingerprint density at radius 3 is 2.86 bits per heavy atom. The standard InChI is InChI=1S/C14H18N6O.ClH/c1-11-9-15-7-8-19(11)13(21)10-20-17-14(16-18-20)12-5-3-2-4-6-12;/h2-6,11,15H,7-10H2,1H3;1H. The van der Waals surface area contributed by atoms with Crippen LogP contribution in [0.5, 0.6) is 0 Å². The molecule has 0 bridgehead atoms. The van der Waals surface area contributed by atoms with Gasteiger partial charge in [-0.25, -0.2) is 0 Å². The average Bonchev–Trinajstić information content (AvgIpc) is 2.97. The zero-order valence-electron chi connectivity index (χ0n) is 12.3. The minimum atomic E-state index is 0. The lowest BCUT2D eigenvalue weighted by Crippen LogP contribution is -2.53. The molecule has 1 aliphatic heterocycles. The van der Waals surface area contributed by atoms with Gasteiger partial charge in [0.2, 0.25) is 11.7 Å². The number of aromatic nitrogens is 4. The van der Waals surface area contributed by atoms with Gasteiger partial charge in [-0.05, 0) is 12.1 Å². The second-order valence-electron chi connectivity index (χ2n) is 5.15. The molecule has 1 aromatic carbocycles. The SMILES string of the molecule is CC1CNCCN1C(=O)Cn1nnc(-c2ccccc2)n1.Cl. The van der Waals surface area contributed by atoms with Gasteiger partial charge in [-0.3, -0.25) is 4.79 Å². The van der Waals surface area contributed by atoms with Crippen molar-refractivity contribution in [3.63, 3.8) is 0 Å². The van der Waals surface area contributed by atoms with E-state index in [-0.39, 0.29) is 30.9 Å². The maximum Gasteiger partial charge on any atom is 0.246 e. The van der Waals surface area contributed by atoms with Crippen molar-refractivity contribution in [2.75, 3.05) is 19.6 Å². The highest BCUT2D eigenvalue weighted by Crippen LogP contribution is 2.12. The summed E-state index contributed by atoms with van der Waals surface area (Å²) >= 11 is 0. The molecule has 1 fully saturated rings. The van der Waals surface area contributed by atoms with Crippen molar-refractivity contribution in [1.82, 2.24) is 30.4 Å². The normalized spacial score (nSPS) is 17.9. The van der Waals surface area contributed by atoms with Crippen LogP contribution >= 0.6 is 12.4 Å². The van der Waals surface area contributed by atoms with Gasteiger partial charge in [0, 0.05) is 31.2 Å². The van der Waals surface area contributed by atoms with E-state index in [4.69, 9.17) is 0 Å². The van der Waals surface area contributed by atoms with E-state index in [0.717, 1.165) is 25.2 Å². The second-order valence-corrected chi connectivity index (χ2v) is 5.15. The van der Waals surface area contributed by atoms with Crippen LogP contribution in [0.15, 0.2) is 30.3 Å². The van der Waals surface area contributed by atoms with E-state index >= 15 is 0 Å². The molecule has 1 unspecified atom stereocenters. The molecule has 1 atom stereocenters. The second kappa shape index (κ2) is 7.33. The molecule has 1 aromatic heterocycles. The Kier molecular flexibility index (Phi) is 5.46. The Labute approximate surface area is 135 Å². The lowest BCUT2D eigenvalue weighted by molar-refractivity contribution is -0.135. The van der Waals surface area contributed by atoms with Crippen LogP contribution in [0.1, 0.15) is 6.92 Å². The van der Waals surface area contributed by atoms with Gasteiger partial charge in [0.25, 0.3) is 0 Å². The summed E-state index contributed by atoms with van der Waals surface area (Å²) in [6.45, 7) is 4.54. The summed E-state index contributed by atoms with van der Waals surface area (Å²) in [5.74, 6) is 0.567. The van der Waals surface area contributed by atoms with E-state index in [2.05, 4.69) is 20.7 Å². The number of halogens is 1. The fourth-order valence-corrected chi connectivity index (χ4v) is 2.44. The van der Waals surface area contributed by atoms with Crippen molar-refractivity contribution in [2.45, 2.75) is 19.5 Å². The molecular formula is C14H19ClN6O. The molecule has 3 rings (SSSR count). The first-order valence-electron chi connectivity index (χ1n) is 7.07. The molecule has 22 heavy (non-hydrogen) atoms. The number of carbonyl (C=O) groups is 1. The van der Waals surface area contributed by atoms with Gasteiger partial charge >= 0.3 is 0 Å². The number of piperazine rings is 1. The van der Waals surface area contributed by atoms with Crippen molar-refractivity contribution >= 4 is 18.3 Å². The predicted molar refractivity (Wildman–Crippen MR) is 84.5 cm³/mol. The van der Waals surface area contributed by atoms with Crippen molar-refractivity contribution < 1.29 is 4.79 Å². The molecule has 0 saturated carbocycles. The molecular weight excluding hydrogens is 304 g/mol. The van der Waals surface area contributed by atoms with Crippen LogP contribution in [-0.4, -0.2) is 56.7 Å². The average molecular weight is 323 g/mol. The molecule has 2 heterocycles. The zero-order valence-corrected chi connectivity index (χ0v) is 13.2.